The molecule has 1 heterocycles. The van der Waals surface area contributed by atoms with E-state index in [9.17, 15) is 14.9 Å². The molecule has 0 aliphatic heterocycles. The molecule has 1 rings (SSSR count). The molecule has 17 heavy (non-hydrogen) atoms. The molecule has 0 saturated heterocycles. The van der Waals surface area contributed by atoms with Crippen molar-refractivity contribution in [2.45, 2.75) is 20.8 Å². The van der Waals surface area contributed by atoms with Crippen LogP contribution in [0.2, 0.25) is 0 Å². The van der Waals surface area contributed by atoms with Crippen LogP contribution < -0.4 is 4.90 Å². The molecule has 6 nitrogen and oxygen atoms in total. The number of carbonyl (C=O) groups is 1. The molecule has 0 aromatic carbocycles. The molecule has 0 saturated carbocycles. The Morgan fingerprint density at radius 3 is 2.47 bits per heavy atom. The van der Waals surface area contributed by atoms with Crippen LogP contribution in [0.4, 0.5) is 11.5 Å². The minimum absolute atomic E-state index is 0.104. The third kappa shape index (κ3) is 2.77. The first-order chi connectivity index (χ1) is 8.01. The van der Waals surface area contributed by atoms with Crippen LogP contribution in [0.3, 0.4) is 0 Å². The molecule has 92 valence electrons. The molecule has 0 aliphatic rings. The van der Waals surface area contributed by atoms with Gasteiger partial charge in [-0.1, -0.05) is 0 Å². The van der Waals surface area contributed by atoms with Crippen molar-refractivity contribution in [3.8, 4) is 0 Å². The Morgan fingerprint density at radius 1 is 1.47 bits per heavy atom. The number of hydrogen-bond acceptors (Lipinski definition) is 5. The lowest BCUT2D eigenvalue weighted by atomic mass is 10.1. The molecule has 0 bridgehead atoms. The van der Waals surface area contributed by atoms with Crippen molar-refractivity contribution in [1.82, 2.24) is 4.98 Å². The first-order valence-corrected chi connectivity index (χ1v) is 5.41. The van der Waals surface area contributed by atoms with Crippen LogP contribution in [0.25, 0.3) is 0 Å². The van der Waals surface area contributed by atoms with Crippen LogP contribution in [0, 0.1) is 10.1 Å². The Morgan fingerprint density at radius 2 is 2.06 bits per heavy atom. The molecule has 0 atom stereocenters. The van der Waals surface area contributed by atoms with Crippen molar-refractivity contribution in [3.05, 3.63) is 27.9 Å². The van der Waals surface area contributed by atoms with Gasteiger partial charge in [0, 0.05) is 13.1 Å². The van der Waals surface area contributed by atoms with Gasteiger partial charge >= 0.3 is 0 Å². The van der Waals surface area contributed by atoms with E-state index in [0.29, 0.717) is 5.82 Å². The highest BCUT2D eigenvalue weighted by Crippen LogP contribution is 2.22. The Kier molecular flexibility index (Phi) is 4.14. The number of carbonyl (C=O) groups excluding carboxylic acids is 1. The molecular formula is C11H15N3O3. The quantitative estimate of drug-likeness (QED) is 0.445. The van der Waals surface area contributed by atoms with Gasteiger partial charge in [-0.05, 0) is 26.8 Å². The average molecular weight is 237 g/mol. The summed E-state index contributed by atoms with van der Waals surface area (Å²) in [6.07, 6.45) is 1.14. The second kappa shape index (κ2) is 5.38. The number of ketones is 1. The first kappa shape index (κ1) is 13.1. The van der Waals surface area contributed by atoms with Crippen LogP contribution in [0.15, 0.2) is 12.3 Å². The molecule has 0 aliphatic carbocycles. The van der Waals surface area contributed by atoms with E-state index < -0.39 is 4.92 Å². The number of Topliss-reactive ketones (excluding diaryl/α,β-unsaturated/α-hetero) is 1. The number of anilines is 1. The SMILES string of the molecule is CCN(CC)c1cc(C(C)=O)c([N+](=O)[O-])cn1. The molecule has 0 amide bonds. The molecule has 0 spiro atoms. The number of hydrogen-bond donors (Lipinski definition) is 0. The van der Waals surface area contributed by atoms with Crippen molar-refractivity contribution in [3.63, 3.8) is 0 Å². The first-order valence-electron chi connectivity index (χ1n) is 5.41. The van der Waals surface area contributed by atoms with Gasteiger partial charge < -0.3 is 4.90 Å². The Bertz CT molecular complexity index is 442. The number of nitrogens with zero attached hydrogens (tertiary/aromatic N) is 3. The van der Waals surface area contributed by atoms with Gasteiger partial charge in [0.1, 0.15) is 17.6 Å². The maximum atomic E-state index is 11.4. The summed E-state index contributed by atoms with van der Waals surface area (Å²) in [7, 11) is 0. The third-order valence-corrected chi connectivity index (χ3v) is 2.53. The highest BCUT2D eigenvalue weighted by atomic mass is 16.6. The second-order valence-corrected chi connectivity index (χ2v) is 3.55. The summed E-state index contributed by atoms with van der Waals surface area (Å²) in [6.45, 7) is 6.70. The molecule has 0 unspecified atom stereocenters. The fraction of sp³-hybridized carbons (Fsp3) is 0.455. The highest BCUT2D eigenvalue weighted by Gasteiger charge is 2.19. The van der Waals surface area contributed by atoms with Gasteiger partial charge in [-0.25, -0.2) is 4.98 Å². The van der Waals surface area contributed by atoms with Gasteiger partial charge in [0.05, 0.1) is 4.92 Å². The van der Waals surface area contributed by atoms with Gasteiger partial charge in [0.25, 0.3) is 5.69 Å². The van der Waals surface area contributed by atoms with Crippen LogP contribution in [0.1, 0.15) is 31.1 Å². The van der Waals surface area contributed by atoms with Gasteiger partial charge in [0.2, 0.25) is 0 Å². The zero-order chi connectivity index (χ0) is 13.0. The van der Waals surface area contributed by atoms with E-state index in [0.717, 1.165) is 19.3 Å². The molecular weight excluding hydrogens is 222 g/mol. The number of aromatic nitrogens is 1. The summed E-state index contributed by atoms with van der Waals surface area (Å²) in [5.74, 6) is 0.262. The minimum atomic E-state index is -0.588. The molecule has 1 aromatic rings. The lowest BCUT2D eigenvalue weighted by molar-refractivity contribution is -0.385. The summed E-state index contributed by atoms with van der Waals surface area (Å²) < 4.78 is 0. The minimum Gasteiger partial charge on any atom is -0.357 e. The van der Waals surface area contributed by atoms with Crippen LogP contribution in [0.5, 0.6) is 0 Å². The van der Waals surface area contributed by atoms with E-state index in [1.165, 1.54) is 13.0 Å². The van der Waals surface area contributed by atoms with E-state index in [4.69, 9.17) is 0 Å². The summed E-state index contributed by atoms with van der Waals surface area (Å²) in [5, 5.41) is 10.7. The number of rotatable bonds is 5. The molecule has 1 aromatic heterocycles. The van der Waals surface area contributed by atoms with Crippen molar-refractivity contribution in [2.75, 3.05) is 18.0 Å². The van der Waals surface area contributed by atoms with E-state index in [1.807, 2.05) is 18.7 Å². The third-order valence-electron chi connectivity index (χ3n) is 2.53. The van der Waals surface area contributed by atoms with Gasteiger partial charge in [-0.15, -0.1) is 0 Å². The largest absolute Gasteiger partial charge is 0.357 e. The highest BCUT2D eigenvalue weighted by molar-refractivity contribution is 5.98. The standard InChI is InChI=1S/C11H15N3O3/c1-4-13(5-2)11-6-9(8(3)15)10(7-12-11)14(16)17/h6-7H,4-5H2,1-3H3. The molecule has 6 heteroatoms. The normalized spacial score (nSPS) is 10.1. The summed E-state index contributed by atoms with van der Waals surface area (Å²) >= 11 is 0. The predicted molar refractivity (Wildman–Crippen MR) is 64.5 cm³/mol. The van der Waals surface area contributed by atoms with Crippen molar-refractivity contribution in [2.24, 2.45) is 0 Å². The van der Waals surface area contributed by atoms with Crippen LogP contribution in [-0.4, -0.2) is 28.8 Å². The van der Waals surface area contributed by atoms with E-state index >= 15 is 0 Å². The second-order valence-electron chi connectivity index (χ2n) is 3.55. The molecule has 0 radical (unpaired) electrons. The van der Waals surface area contributed by atoms with E-state index in [1.54, 1.807) is 0 Å². The monoisotopic (exact) mass is 237 g/mol. The van der Waals surface area contributed by atoms with Gasteiger partial charge in [-0.2, -0.15) is 0 Å². The van der Waals surface area contributed by atoms with Crippen LogP contribution >= 0.6 is 0 Å². The smallest absolute Gasteiger partial charge is 0.298 e. The summed E-state index contributed by atoms with van der Waals surface area (Å²) in [4.78, 5) is 27.5. The lowest BCUT2D eigenvalue weighted by Gasteiger charge is -2.19. The van der Waals surface area contributed by atoms with Crippen molar-refractivity contribution >= 4 is 17.3 Å². The number of nitro groups is 1. The van der Waals surface area contributed by atoms with E-state index in [-0.39, 0.29) is 17.0 Å². The summed E-state index contributed by atoms with van der Waals surface area (Å²) in [5.41, 5.74) is -0.139. The van der Waals surface area contributed by atoms with E-state index in [2.05, 4.69) is 4.98 Å². The lowest BCUT2D eigenvalue weighted by Crippen LogP contribution is -2.23. The van der Waals surface area contributed by atoms with Crippen LogP contribution in [-0.2, 0) is 0 Å². The molecule has 0 N–H and O–H groups in total. The van der Waals surface area contributed by atoms with Crippen molar-refractivity contribution in [1.29, 1.82) is 0 Å². The topological polar surface area (TPSA) is 76.3 Å². The zero-order valence-corrected chi connectivity index (χ0v) is 10.1. The Hall–Kier alpha value is -1.98. The van der Waals surface area contributed by atoms with Gasteiger partial charge in [0.15, 0.2) is 5.78 Å². The number of pyridine rings is 1. The van der Waals surface area contributed by atoms with Crippen molar-refractivity contribution < 1.29 is 9.72 Å². The fourth-order valence-electron chi connectivity index (χ4n) is 1.59. The Labute approximate surface area is 99.4 Å². The van der Waals surface area contributed by atoms with Gasteiger partial charge in [-0.3, -0.25) is 14.9 Å². The maximum Gasteiger partial charge on any atom is 0.298 e. The zero-order valence-electron chi connectivity index (χ0n) is 10.1. The maximum absolute atomic E-state index is 11.4. The average Bonchev–Trinajstić information content (AvgIpc) is 2.30. The summed E-state index contributed by atoms with van der Waals surface area (Å²) in [6, 6.07) is 1.48. The Balaban J connectivity index is 3.27. The fourth-order valence-corrected chi connectivity index (χ4v) is 1.59. The predicted octanol–water partition coefficient (Wildman–Crippen LogP) is 2.04. The molecule has 0 fully saturated rings.